The van der Waals surface area contributed by atoms with Crippen LogP contribution >= 0.6 is 0 Å². The molecule has 3 heteroatoms. The molecule has 0 fully saturated rings. The molecule has 0 saturated heterocycles. The van der Waals surface area contributed by atoms with Crippen molar-refractivity contribution in [1.82, 2.24) is 0 Å². The third kappa shape index (κ3) is 4.71. The van der Waals surface area contributed by atoms with E-state index in [-0.39, 0.29) is 5.78 Å². The van der Waals surface area contributed by atoms with Crippen LogP contribution in [0.5, 0.6) is 0 Å². The molecule has 1 unspecified atom stereocenters. The maximum absolute atomic E-state index is 11.9. The van der Waals surface area contributed by atoms with E-state index in [0.717, 1.165) is 23.3 Å². The molecule has 16 heavy (non-hydrogen) atoms. The average molecular weight is 238 g/mol. The summed E-state index contributed by atoms with van der Waals surface area (Å²) < 4.78 is 11.9. The van der Waals surface area contributed by atoms with Crippen LogP contribution < -0.4 is 0 Å². The summed E-state index contributed by atoms with van der Waals surface area (Å²) >= 11 is 0. The lowest BCUT2D eigenvalue weighted by Crippen LogP contribution is -1.99. The Balaban J connectivity index is 2.38. The monoisotopic (exact) mass is 238 g/mol. The van der Waals surface area contributed by atoms with E-state index in [9.17, 15) is 9.00 Å². The lowest BCUT2D eigenvalue weighted by atomic mass is 10.2. The quantitative estimate of drug-likeness (QED) is 0.714. The van der Waals surface area contributed by atoms with Crippen LogP contribution in [0.2, 0.25) is 0 Å². The summed E-state index contributed by atoms with van der Waals surface area (Å²) in [6, 6.07) is 7.78. The highest BCUT2D eigenvalue weighted by atomic mass is 32.2. The van der Waals surface area contributed by atoms with Crippen LogP contribution in [0.1, 0.15) is 31.7 Å². The first kappa shape index (κ1) is 13.1. The van der Waals surface area contributed by atoms with Crippen molar-refractivity contribution < 1.29 is 9.00 Å². The van der Waals surface area contributed by atoms with E-state index in [4.69, 9.17) is 0 Å². The third-order valence-corrected chi connectivity index (χ3v) is 3.80. The van der Waals surface area contributed by atoms with Gasteiger partial charge >= 0.3 is 0 Å². The molecule has 0 aromatic heterocycles. The number of unbranched alkanes of at least 4 members (excludes halogenated alkanes) is 1. The van der Waals surface area contributed by atoms with Crippen LogP contribution in [0, 0.1) is 6.92 Å². The Hall–Kier alpha value is -0.960. The molecule has 0 bridgehead atoms. The van der Waals surface area contributed by atoms with Crippen LogP contribution in [0.25, 0.3) is 0 Å². The minimum absolute atomic E-state index is 0.210. The summed E-state index contributed by atoms with van der Waals surface area (Å²) in [5.74, 6) is 0.859. The van der Waals surface area contributed by atoms with E-state index in [1.165, 1.54) is 0 Å². The molecular formula is C13H18O2S. The molecule has 0 N–H and O–H groups in total. The first-order valence-electron chi connectivity index (χ1n) is 5.54. The largest absolute Gasteiger partial charge is 0.300 e. The molecule has 88 valence electrons. The van der Waals surface area contributed by atoms with Gasteiger partial charge in [0.1, 0.15) is 5.78 Å². The topological polar surface area (TPSA) is 34.1 Å². The molecule has 1 aromatic rings. The second-order valence-electron chi connectivity index (χ2n) is 4.03. The number of carbonyl (C=O) groups is 1. The lowest BCUT2D eigenvalue weighted by molar-refractivity contribution is -0.117. The molecule has 0 aliphatic heterocycles. The number of rotatable bonds is 6. The summed E-state index contributed by atoms with van der Waals surface area (Å²) in [5.41, 5.74) is 1.13. The Kier molecular flexibility index (Phi) is 5.39. The highest BCUT2D eigenvalue weighted by molar-refractivity contribution is 7.85. The molecule has 1 rings (SSSR count). The molecular weight excluding hydrogens is 220 g/mol. The zero-order chi connectivity index (χ0) is 12.0. The molecule has 0 spiro atoms. The standard InChI is InChI=1S/C13H18O2S/c1-11-6-5-8-13(10-11)16(15)9-4-3-7-12(2)14/h5-6,8,10H,3-4,7,9H2,1-2H3. The SMILES string of the molecule is CC(=O)CCCCS(=O)c1cccc(C)c1. The second kappa shape index (κ2) is 6.59. The van der Waals surface area contributed by atoms with E-state index < -0.39 is 10.8 Å². The summed E-state index contributed by atoms with van der Waals surface area (Å²) in [6.45, 7) is 3.59. The maximum Gasteiger partial charge on any atom is 0.129 e. The number of aryl methyl sites for hydroxylation is 1. The Bertz CT molecular complexity index is 385. The molecule has 0 amide bonds. The van der Waals surface area contributed by atoms with Crippen LogP contribution in [0.3, 0.4) is 0 Å². The number of hydrogen-bond donors (Lipinski definition) is 0. The van der Waals surface area contributed by atoms with Crippen LogP contribution in [0.4, 0.5) is 0 Å². The Labute approximate surface area is 99.5 Å². The van der Waals surface area contributed by atoms with E-state index in [0.29, 0.717) is 12.2 Å². The summed E-state index contributed by atoms with van der Waals surface area (Å²) in [4.78, 5) is 11.6. The number of Topliss-reactive ketones (excluding diaryl/α,β-unsaturated/α-hetero) is 1. The summed E-state index contributed by atoms with van der Waals surface area (Å²) in [5, 5.41) is 0. The van der Waals surface area contributed by atoms with Gasteiger partial charge in [-0.15, -0.1) is 0 Å². The van der Waals surface area contributed by atoms with Crippen molar-refractivity contribution in [3.8, 4) is 0 Å². The Morgan fingerprint density at radius 1 is 1.31 bits per heavy atom. The van der Waals surface area contributed by atoms with E-state index >= 15 is 0 Å². The number of carbonyl (C=O) groups excluding carboxylic acids is 1. The zero-order valence-electron chi connectivity index (χ0n) is 9.86. The van der Waals surface area contributed by atoms with Gasteiger partial charge < -0.3 is 4.79 Å². The van der Waals surface area contributed by atoms with Gasteiger partial charge in [0.15, 0.2) is 0 Å². The van der Waals surface area contributed by atoms with Gasteiger partial charge in [0.25, 0.3) is 0 Å². The van der Waals surface area contributed by atoms with Gasteiger partial charge in [0, 0.05) is 17.1 Å². The van der Waals surface area contributed by atoms with Gasteiger partial charge in [0.05, 0.1) is 10.8 Å². The fourth-order valence-corrected chi connectivity index (χ4v) is 2.73. The highest BCUT2D eigenvalue weighted by Crippen LogP contribution is 2.11. The van der Waals surface area contributed by atoms with Gasteiger partial charge in [-0.05, 0) is 44.4 Å². The van der Waals surface area contributed by atoms with Crippen molar-refractivity contribution in [2.24, 2.45) is 0 Å². The fourth-order valence-electron chi connectivity index (χ4n) is 1.48. The van der Waals surface area contributed by atoms with Crippen molar-refractivity contribution in [3.63, 3.8) is 0 Å². The van der Waals surface area contributed by atoms with Crippen molar-refractivity contribution >= 4 is 16.6 Å². The van der Waals surface area contributed by atoms with E-state index in [1.54, 1.807) is 6.92 Å². The molecule has 0 radical (unpaired) electrons. The summed E-state index contributed by atoms with van der Waals surface area (Å²) in [7, 11) is -0.920. The molecule has 0 heterocycles. The Morgan fingerprint density at radius 2 is 2.06 bits per heavy atom. The van der Waals surface area contributed by atoms with Crippen molar-refractivity contribution in [3.05, 3.63) is 29.8 Å². The van der Waals surface area contributed by atoms with E-state index in [1.807, 2.05) is 31.2 Å². The molecule has 0 saturated carbocycles. The normalized spacial score (nSPS) is 12.4. The van der Waals surface area contributed by atoms with Crippen molar-refractivity contribution in [1.29, 1.82) is 0 Å². The summed E-state index contributed by atoms with van der Waals surface area (Å²) in [6.07, 6.45) is 2.29. The molecule has 0 aliphatic carbocycles. The second-order valence-corrected chi connectivity index (χ2v) is 5.60. The van der Waals surface area contributed by atoms with Gasteiger partial charge in [-0.25, -0.2) is 0 Å². The van der Waals surface area contributed by atoms with Crippen molar-refractivity contribution in [2.75, 3.05) is 5.75 Å². The molecule has 0 aliphatic rings. The highest BCUT2D eigenvalue weighted by Gasteiger charge is 2.03. The van der Waals surface area contributed by atoms with Gasteiger partial charge in [0.2, 0.25) is 0 Å². The van der Waals surface area contributed by atoms with Crippen LogP contribution in [-0.2, 0) is 15.6 Å². The predicted molar refractivity (Wildman–Crippen MR) is 67.0 cm³/mol. The zero-order valence-corrected chi connectivity index (χ0v) is 10.7. The maximum atomic E-state index is 11.9. The van der Waals surface area contributed by atoms with Gasteiger partial charge in [-0.1, -0.05) is 12.1 Å². The smallest absolute Gasteiger partial charge is 0.129 e. The fraction of sp³-hybridized carbons (Fsp3) is 0.462. The minimum Gasteiger partial charge on any atom is -0.300 e. The average Bonchev–Trinajstić information content (AvgIpc) is 2.24. The Morgan fingerprint density at radius 3 is 2.69 bits per heavy atom. The predicted octanol–water partition coefficient (Wildman–Crippen LogP) is 2.86. The van der Waals surface area contributed by atoms with Gasteiger partial charge in [-0.2, -0.15) is 0 Å². The third-order valence-electron chi connectivity index (χ3n) is 2.36. The molecule has 2 nitrogen and oxygen atoms in total. The number of ketones is 1. The minimum atomic E-state index is -0.920. The lowest BCUT2D eigenvalue weighted by Gasteiger charge is -2.02. The number of hydrogen-bond acceptors (Lipinski definition) is 2. The molecule has 1 atom stereocenters. The van der Waals surface area contributed by atoms with Gasteiger partial charge in [-0.3, -0.25) is 4.21 Å². The van der Waals surface area contributed by atoms with Crippen LogP contribution in [0.15, 0.2) is 29.2 Å². The van der Waals surface area contributed by atoms with Crippen molar-refractivity contribution in [2.45, 2.75) is 38.0 Å². The molecule has 1 aromatic carbocycles. The first-order valence-corrected chi connectivity index (χ1v) is 6.86. The number of benzene rings is 1. The van der Waals surface area contributed by atoms with Crippen LogP contribution in [-0.4, -0.2) is 15.7 Å². The first-order chi connectivity index (χ1) is 7.59. The van der Waals surface area contributed by atoms with E-state index in [2.05, 4.69) is 0 Å².